The molecule has 0 unspecified atom stereocenters. The summed E-state index contributed by atoms with van der Waals surface area (Å²) in [6, 6.07) is 6.17. The van der Waals surface area contributed by atoms with E-state index in [0.717, 1.165) is 11.4 Å². The van der Waals surface area contributed by atoms with Crippen molar-refractivity contribution in [3.63, 3.8) is 0 Å². The number of hydrogen-bond acceptors (Lipinski definition) is 2. The van der Waals surface area contributed by atoms with Gasteiger partial charge < -0.3 is 0 Å². The number of benzene rings is 1. The third-order valence-corrected chi connectivity index (χ3v) is 1.60. The minimum absolute atomic E-state index is 1.15. The first kappa shape index (κ1) is 4.82. The standard InChI is InChI=1S/C7H8N2/c1-5-2-3-6-7(4-5)9(6)8/h2-4H,8H2,1H3. The zero-order chi connectivity index (χ0) is 6.43. The predicted octanol–water partition coefficient (Wildman–Crippen LogP) is 1.32. The van der Waals surface area contributed by atoms with Crippen LogP contribution in [0.15, 0.2) is 18.2 Å². The third kappa shape index (κ3) is 0.535. The number of nitrogens with two attached hydrogens (primary N) is 1. The molecule has 1 aliphatic heterocycles. The average molecular weight is 120 g/mol. The van der Waals surface area contributed by atoms with Crippen LogP contribution in [0.4, 0.5) is 11.4 Å². The molecular formula is C7H8N2. The fraction of sp³-hybridized carbons (Fsp3) is 0.143. The summed E-state index contributed by atoms with van der Waals surface area (Å²) in [5.41, 5.74) is 3.58. The van der Waals surface area contributed by atoms with E-state index >= 15 is 0 Å². The van der Waals surface area contributed by atoms with E-state index in [1.165, 1.54) is 5.56 Å². The number of hydrogen-bond donors (Lipinski definition) is 1. The maximum atomic E-state index is 5.50. The van der Waals surface area contributed by atoms with Gasteiger partial charge in [-0.05, 0) is 24.6 Å². The van der Waals surface area contributed by atoms with Crippen LogP contribution in [0.5, 0.6) is 0 Å². The number of hydrazine groups is 1. The summed E-state index contributed by atoms with van der Waals surface area (Å²) >= 11 is 0. The van der Waals surface area contributed by atoms with Crippen molar-refractivity contribution in [2.45, 2.75) is 6.92 Å². The molecule has 2 heteroatoms. The van der Waals surface area contributed by atoms with Crippen LogP contribution in [0, 0.1) is 6.92 Å². The number of aryl methyl sites for hydroxylation is 1. The van der Waals surface area contributed by atoms with Gasteiger partial charge in [-0.3, -0.25) is 5.01 Å². The van der Waals surface area contributed by atoms with E-state index in [-0.39, 0.29) is 0 Å². The second-order valence-electron chi connectivity index (χ2n) is 2.36. The lowest BCUT2D eigenvalue weighted by atomic mass is 10.2. The number of fused-ring (bicyclic) bond motifs is 1. The van der Waals surface area contributed by atoms with Crippen molar-refractivity contribution in [2.24, 2.45) is 5.84 Å². The molecule has 0 atom stereocenters. The van der Waals surface area contributed by atoms with E-state index in [1.54, 1.807) is 5.01 Å². The fourth-order valence-corrected chi connectivity index (χ4v) is 0.989. The van der Waals surface area contributed by atoms with Crippen LogP contribution >= 0.6 is 0 Å². The van der Waals surface area contributed by atoms with Gasteiger partial charge in [-0.25, -0.2) is 5.84 Å². The van der Waals surface area contributed by atoms with Crippen molar-refractivity contribution in [1.29, 1.82) is 0 Å². The van der Waals surface area contributed by atoms with Gasteiger partial charge in [0.05, 0.1) is 11.4 Å². The summed E-state index contributed by atoms with van der Waals surface area (Å²) in [7, 11) is 0. The third-order valence-electron chi connectivity index (χ3n) is 1.60. The average Bonchev–Trinajstić information content (AvgIpc) is 2.43. The minimum Gasteiger partial charge on any atom is -0.275 e. The van der Waals surface area contributed by atoms with Crippen LogP contribution in [0.3, 0.4) is 0 Å². The van der Waals surface area contributed by atoms with E-state index in [0.29, 0.717) is 0 Å². The maximum absolute atomic E-state index is 5.50. The molecule has 2 N–H and O–H groups in total. The molecule has 0 aromatic heterocycles. The molecule has 2 rings (SSSR count). The molecule has 0 saturated heterocycles. The van der Waals surface area contributed by atoms with Crippen molar-refractivity contribution >= 4 is 11.4 Å². The van der Waals surface area contributed by atoms with Crippen LogP contribution < -0.4 is 10.9 Å². The van der Waals surface area contributed by atoms with Crippen LogP contribution in [-0.2, 0) is 0 Å². The van der Waals surface area contributed by atoms with Gasteiger partial charge in [-0.2, -0.15) is 0 Å². The summed E-state index contributed by atoms with van der Waals surface area (Å²) in [6.07, 6.45) is 0. The van der Waals surface area contributed by atoms with Gasteiger partial charge in [0, 0.05) is 0 Å². The summed E-state index contributed by atoms with van der Waals surface area (Å²) < 4.78 is 0. The van der Waals surface area contributed by atoms with Crippen LogP contribution in [0.25, 0.3) is 0 Å². The zero-order valence-electron chi connectivity index (χ0n) is 5.26. The largest absolute Gasteiger partial charge is 0.275 e. The van der Waals surface area contributed by atoms with E-state index in [4.69, 9.17) is 5.84 Å². The Morgan fingerprint density at radius 1 is 1.33 bits per heavy atom. The highest BCUT2D eigenvalue weighted by atomic mass is 15.5. The van der Waals surface area contributed by atoms with Crippen molar-refractivity contribution in [3.05, 3.63) is 23.8 Å². The van der Waals surface area contributed by atoms with E-state index in [2.05, 4.69) is 19.1 Å². The maximum Gasteiger partial charge on any atom is 0.0830 e. The first-order valence-corrected chi connectivity index (χ1v) is 2.94. The van der Waals surface area contributed by atoms with Gasteiger partial charge in [-0.15, -0.1) is 0 Å². The van der Waals surface area contributed by atoms with Crippen molar-refractivity contribution in [1.82, 2.24) is 0 Å². The second kappa shape index (κ2) is 1.28. The lowest BCUT2D eigenvalue weighted by Gasteiger charge is -1.81. The Hall–Kier alpha value is -1.02. The molecular weight excluding hydrogens is 112 g/mol. The number of anilines is 2. The van der Waals surface area contributed by atoms with E-state index in [9.17, 15) is 0 Å². The summed E-state index contributed by atoms with van der Waals surface area (Å²) in [5, 5.41) is 1.69. The predicted molar refractivity (Wildman–Crippen MR) is 37.5 cm³/mol. The van der Waals surface area contributed by atoms with Gasteiger partial charge in [0.15, 0.2) is 0 Å². The number of nitrogens with zero attached hydrogens (tertiary/aromatic N) is 1. The Morgan fingerprint density at radius 2 is 2.11 bits per heavy atom. The second-order valence-corrected chi connectivity index (χ2v) is 2.36. The SMILES string of the molecule is Cc1ccc2c(c1)N2N. The Balaban J connectivity index is 2.54. The highest BCUT2D eigenvalue weighted by Crippen LogP contribution is 2.44. The van der Waals surface area contributed by atoms with Gasteiger partial charge >= 0.3 is 0 Å². The summed E-state index contributed by atoms with van der Waals surface area (Å²) in [6.45, 7) is 2.06. The Kier molecular flexibility index (Phi) is 0.684. The molecule has 1 aromatic carbocycles. The summed E-state index contributed by atoms with van der Waals surface area (Å²) in [5.74, 6) is 5.50. The molecule has 0 bridgehead atoms. The molecule has 0 amide bonds. The van der Waals surface area contributed by atoms with Crippen molar-refractivity contribution < 1.29 is 0 Å². The number of rotatable bonds is 0. The zero-order valence-corrected chi connectivity index (χ0v) is 5.26. The first-order chi connectivity index (χ1) is 4.29. The molecule has 9 heavy (non-hydrogen) atoms. The molecule has 1 aromatic rings. The normalized spacial score (nSPS) is 13.3. The highest BCUT2D eigenvalue weighted by Gasteiger charge is 2.24. The van der Waals surface area contributed by atoms with Gasteiger partial charge in [-0.1, -0.05) is 6.07 Å². The van der Waals surface area contributed by atoms with Gasteiger partial charge in [0.1, 0.15) is 0 Å². The summed E-state index contributed by atoms with van der Waals surface area (Å²) in [4.78, 5) is 0. The topological polar surface area (TPSA) is 29.0 Å². The van der Waals surface area contributed by atoms with E-state index < -0.39 is 0 Å². The quantitative estimate of drug-likeness (QED) is 0.413. The Bertz CT molecular complexity index is 255. The van der Waals surface area contributed by atoms with Crippen LogP contribution in [0.1, 0.15) is 5.56 Å². The lowest BCUT2D eigenvalue weighted by Crippen LogP contribution is -2.07. The van der Waals surface area contributed by atoms with Gasteiger partial charge in [0.25, 0.3) is 0 Å². The van der Waals surface area contributed by atoms with Crippen LogP contribution in [0.2, 0.25) is 0 Å². The highest BCUT2D eigenvalue weighted by molar-refractivity contribution is 5.91. The Labute approximate surface area is 53.9 Å². The Morgan fingerprint density at radius 3 is 2.67 bits per heavy atom. The van der Waals surface area contributed by atoms with Gasteiger partial charge in [0.2, 0.25) is 0 Å². The molecule has 1 aliphatic rings. The lowest BCUT2D eigenvalue weighted by molar-refractivity contribution is 1.24. The van der Waals surface area contributed by atoms with Crippen molar-refractivity contribution in [2.75, 3.05) is 5.01 Å². The molecule has 1 heterocycles. The van der Waals surface area contributed by atoms with Crippen LogP contribution in [-0.4, -0.2) is 0 Å². The fourth-order valence-electron chi connectivity index (χ4n) is 0.989. The molecule has 0 saturated carbocycles. The molecule has 2 nitrogen and oxygen atoms in total. The van der Waals surface area contributed by atoms with E-state index in [1.807, 2.05) is 6.07 Å². The molecule has 46 valence electrons. The molecule has 0 spiro atoms. The smallest absolute Gasteiger partial charge is 0.0830 e. The molecule has 0 radical (unpaired) electrons. The first-order valence-electron chi connectivity index (χ1n) is 2.94. The van der Waals surface area contributed by atoms with Crippen molar-refractivity contribution in [3.8, 4) is 0 Å². The molecule has 0 fully saturated rings. The molecule has 0 aliphatic carbocycles. The monoisotopic (exact) mass is 120 g/mol. The minimum atomic E-state index is 1.15.